The highest BCUT2D eigenvalue weighted by Gasteiger charge is 2.19. The van der Waals surface area contributed by atoms with E-state index in [0.717, 1.165) is 86.1 Å². The lowest BCUT2D eigenvalue weighted by Gasteiger charge is -2.13. The van der Waals surface area contributed by atoms with E-state index in [4.69, 9.17) is 19.4 Å². The van der Waals surface area contributed by atoms with Gasteiger partial charge in [-0.15, -0.1) is 0 Å². The maximum absolute atomic E-state index is 6.43. The monoisotopic (exact) mass is 562 g/mol. The summed E-state index contributed by atoms with van der Waals surface area (Å²) in [4.78, 5) is 19.7. The zero-order valence-electron chi connectivity index (χ0n) is 25.1. The van der Waals surface area contributed by atoms with Gasteiger partial charge in [-0.3, -0.25) is 4.98 Å². The molecule has 0 N–H and O–H groups in total. The van der Waals surface area contributed by atoms with E-state index in [0.29, 0.717) is 11.6 Å². The third-order valence-electron chi connectivity index (χ3n) is 8.17. The molecule has 7 aromatic rings. The number of aryl methyl sites for hydroxylation is 4. The molecule has 4 aromatic heterocycles. The van der Waals surface area contributed by atoms with Crippen molar-refractivity contribution in [3.63, 3.8) is 0 Å². The Morgan fingerprint density at radius 1 is 0.744 bits per heavy atom. The van der Waals surface area contributed by atoms with Gasteiger partial charge in [0, 0.05) is 45.6 Å². The Balaban J connectivity index is 1.26. The Kier molecular flexibility index (Phi) is 6.94. The fraction of sp³-hybridized carbons (Fsp3) is 0.211. The van der Waals surface area contributed by atoms with E-state index in [9.17, 15) is 0 Å². The van der Waals surface area contributed by atoms with E-state index >= 15 is 0 Å². The van der Waals surface area contributed by atoms with Gasteiger partial charge < -0.3 is 4.42 Å². The third-order valence-corrected chi connectivity index (χ3v) is 8.17. The van der Waals surface area contributed by atoms with Crippen molar-refractivity contribution < 1.29 is 4.42 Å². The van der Waals surface area contributed by atoms with Crippen LogP contribution in [0.5, 0.6) is 0 Å². The van der Waals surface area contributed by atoms with E-state index in [1.165, 1.54) is 11.1 Å². The summed E-state index contributed by atoms with van der Waals surface area (Å²) >= 11 is 0. The first-order chi connectivity index (χ1) is 20.9. The Morgan fingerprint density at radius 2 is 1.58 bits per heavy atom. The quantitative estimate of drug-likeness (QED) is 0.193. The summed E-state index contributed by atoms with van der Waals surface area (Å²) in [6.07, 6.45) is 4.60. The molecule has 0 fully saturated rings. The lowest BCUT2D eigenvalue weighted by Crippen LogP contribution is -2.02. The average Bonchev–Trinajstić information content (AvgIpc) is 3.38. The minimum atomic E-state index is 0.410. The maximum Gasteiger partial charge on any atom is 0.227 e. The molecule has 43 heavy (non-hydrogen) atoms. The van der Waals surface area contributed by atoms with Crippen molar-refractivity contribution in [1.82, 2.24) is 19.9 Å². The lowest BCUT2D eigenvalue weighted by molar-refractivity contribution is 0.653. The summed E-state index contributed by atoms with van der Waals surface area (Å²) in [5.74, 6) is 1.25. The Hall–Kier alpha value is -4.90. The second-order valence-electron chi connectivity index (χ2n) is 11.8. The molecule has 0 atom stereocenters. The van der Waals surface area contributed by atoms with Crippen LogP contribution >= 0.6 is 0 Å². The molecule has 0 saturated heterocycles. The van der Waals surface area contributed by atoms with Crippen molar-refractivity contribution in [3.05, 3.63) is 119 Å². The highest BCUT2D eigenvalue weighted by Crippen LogP contribution is 2.38. The number of hydrogen-bond donors (Lipinski definition) is 0. The van der Waals surface area contributed by atoms with Crippen LogP contribution in [0.15, 0.2) is 95.5 Å². The molecule has 0 spiro atoms. The largest absolute Gasteiger partial charge is 0.437 e. The first-order valence-corrected chi connectivity index (χ1v) is 15.0. The summed E-state index contributed by atoms with van der Waals surface area (Å²) in [7, 11) is 0. The first-order valence-electron chi connectivity index (χ1n) is 15.0. The zero-order chi connectivity index (χ0) is 29.5. The SMILES string of the molecule is Cc1cc(-c2nc(CCCc3ccc(-c4ccccc4)nc3)nc3cc(C(C)C)ccc23)c2oc3nc(C)ccc3c2c1. The zero-order valence-corrected chi connectivity index (χ0v) is 25.1. The molecule has 0 bridgehead atoms. The molecule has 0 aliphatic carbocycles. The van der Waals surface area contributed by atoms with E-state index < -0.39 is 0 Å². The van der Waals surface area contributed by atoms with Crippen molar-refractivity contribution in [3.8, 4) is 22.5 Å². The van der Waals surface area contributed by atoms with Gasteiger partial charge >= 0.3 is 0 Å². The molecular weight excluding hydrogens is 528 g/mol. The molecule has 0 unspecified atom stereocenters. The van der Waals surface area contributed by atoms with Crippen molar-refractivity contribution in [2.24, 2.45) is 0 Å². The Bertz CT molecular complexity index is 2090. The smallest absolute Gasteiger partial charge is 0.227 e. The molecule has 0 saturated carbocycles. The predicted octanol–water partition coefficient (Wildman–Crippen LogP) is 9.57. The van der Waals surface area contributed by atoms with Crippen LogP contribution in [-0.2, 0) is 12.8 Å². The highest BCUT2D eigenvalue weighted by molar-refractivity contribution is 6.11. The van der Waals surface area contributed by atoms with Gasteiger partial charge in [0.05, 0.1) is 16.9 Å². The number of benzene rings is 3. The Labute approximate surface area is 251 Å². The molecule has 5 nitrogen and oxygen atoms in total. The lowest BCUT2D eigenvalue weighted by atomic mass is 9.97. The molecule has 0 aliphatic heterocycles. The minimum absolute atomic E-state index is 0.410. The van der Waals surface area contributed by atoms with Gasteiger partial charge in [0.2, 0.25) is 5.71 Å². The normalized spacial score (nSPS) is 11.7. The van der Waals surface area contributed by atoms with Gasteiger partial charge in [0.15, 0.2) is 0 Å². The van der Waals surface area contributed by atoms with E-state index in [1.807, 2.05) is 37.4 Å². The van der Waals surface area contributed by atoms with Crippen LogP contribution in [0, 0.1) is 13.8 Å². The molecule has 212 valence electrons. The van der Waals surface area contributed by atoms with Gasteiger partial charge in [-0.25, -0.2) is 15.0 Å². The summed E-state index contributed by atoms with van der Waals surface area (Å²) in [6, 6.07) is 29.7. The Morgan fingerprint density at radius 3 is 2.37 bits per heavy atom. The molecule has 5 heteroatoms. The number of aromatic nitrogens is 4. The van der Waals surface area contributed by atoms with Gasteiger partial charge in [0.1, 0.15) is 11.4 Å². The van der Waals surface area contributed by atoms with Crippen molar-refractivity contribution in [1.29, 1.82) is 0 Å². The van der Waals surface area contributed by atoms with Gasteiger partial charge in [-0.2, -0.15) is 0 Å². The number of hydrogen-bond acceptors (Lipinski definition) is 5. The van der Waals surface area contributed by atoms with Crippen LogP contribution in [0.3, 0.4) is 0 Å². The molecular formula is C38H34N4O. The third kappa shape index (κ3) is 5.27. The fourth-order valence-electron chi connectivity index (χ4n) is 5.85. The summed E-state index contributed by atoms with van der Waals surface area (Å²) in [5.41, 5.74) is 11.1. The molecule has 0 amide bonds. The van der Waals surface area contributed by atoms with Crippen molar-refractivity contribution >= 4 is 33.0 Å². The number of pyridine rings is 2. The average molecular weight is 563 g/mol. The van der Waals surface area contributed by atoms with Crippen molar-refractivity contribution in [2.45, 2.75) is 52.9 Å². The van der Waals surface area contributed by atoms with E-state index in [-0.39, 0.29) is 0 Å². The summed E-state index contributed by atoms with van der Waals surface area (Å²) in [5, 5.41) is 3.12. The second-order valence-corrected chi connectivity index (χ2v) is 11.8. The number of fused-ring (bicyclic) bond motifs is 4. The first kappa shape index (κ1) is 27.0. The highest BCUT2D eigenvalue weighted by atomic mass is 16.3. The predicted molar refractivity (Wildman–Crippen MR) is 175 cm³/mol. The topological polar surface area (TPSA) is 64.7 Å². The van der Waals surface area contributed by atoms with Gasteiger partial charge in [-0.1, -0.05) is 62.4 Å². The van der Waals surface area contributed by atoms with Gasteiger partial charge in [0.25, 0.3) is 0 Å². The van der Waals surface area contributed by atoms with Crippen LogP contribution in [0.4, 0.5) is 0 Å². The molecule has 7 rings (SSSR count). The summed E-state index contributed by atoms with van der Waals surface area (Å²) in [6.45, 7) is 8.55. The van der Waals surface area contributed by atoms with Crippen LogP contribution in [0.25, 0.3) is 55.5 Å². The summed E-state index contributed by atoms with van der Waals surface area (Å²) < 4.78 is 6.43. The van der Waals surface area contributed by atoms with E-state index in [1.54, 1.807) is 0 Å². The van der Waals surface area contributed by atoms with Crippen LogP contribution in [0.1, 0.15) is 54.4 Å². The standard InChI is InChI=1S/C38H34N4O/c1-23(2)28-15-17-30-34(21-28)41-35(12-8-9-26-14-18-33(39-22-26)27-10-6-5-7-11-27)42-36(30)32-20-24(3)19-31-29-16-13-25(4)40-38(29)43-37(31)32/h5-7,10-11,13-23H,8-9,12H2,1-4H3. The fourth-order valence-corrected chi connectivity index (χ4v) is 5.85. The van der Waals surface area contributed by atoms with Crippen LogP contribution in [0.2, 0.25) is 0 Å². The molecule has 0 radical (unpaired) electrons. The van der Waals surface area contributed by atoms with Crippen molar-refractivity contribution in [2.75, 3.05) is 0 Å². The minimum Gasteiger partial charge on any atom is -0.437 e. The number of rotatable bonds is 7. The van der Waals surface area contributed by atoms with E-state index in [2.05, 4.69) is 86.4 Å². The molecule has 4 heterocycles. The second kappa shape index (κ2) is 11.1. The van der Waals surface area contributed by atoms with Gasteiger partial charge in [-0.05, 0) is 85.7 Å². The number of furan rings is 1. The number of nitrogens with zero attached hydrogens (tertiary/aromatic N) is 4. The molecule has 0 aliphatic rings. The maximum atomic E-state index is 6.43. The molecule has 3 aromatic carbocycles. The van der Waals surface area contributed by atoms with Crippen LogP contribution < -0.4 is 0 Å². The van der Waals surface area contributed by atoms with Crippen LogP contribution in [-0.4, -0.2) is 19.9 Å².